The van der Waals surface area contributed by atoms with Gasteiger partial charge < -0.3 is 19.7 Å². The van der Waals surface area contributed by atoms with Gasteiger partial charge in [0.1, 0.15) is 23.5 Å². The van der Waals surface area contributed by atoms with Gasteiger partial charge in [0.05, 0.1) is 17.8 Å². The van der Waals surface area contributed by atoms with Gasteiger partial charge >= 0.3 is 5.97 Å². The van der Waals surface area contributed by atoms with Gasteiger partial charge in [-0.05, 0) is 44.2 Å². The lowest BCUT2D eigenvalue weighted by Crippen LogP contribution is -2.12. The van der Waals surface area contributed by atoms with Crippen molar-refractivity contribution >= 4 is 22.7 Å². The first kappa shape index (κ1) is 22.2. The highest BCUT2D eigenvalue weighted by molar-refractivity contribution is 5.92. The number of hydrogen-bond acceptors (Lipinski definition) is 5. The quantitative estimate of drug-likeness (QED) is 0.396. The zero-order valence-electron chi connectivity index (χ0n) is 18.1. The van der Waals surface area contributed by atoms with Crippen molar-refractivity contribution in [2.24, 2.45) is 0 Å². The molecule has 0 fully saturated rings. The molecule has 4 rings (SSSR count). The summed E-state index contributed by atoms with van der Waals surface area (Å²) >= 11 is 0. The maximum Gasteiger partial charge on any atom is 0.339 e. The van der Waals surface area contributed by atoms with Crippen LogP contribution in [-0.4, -0.2) is 38.8 Å². The van der Waals surface area contributed by atoms with Gasteiger partial charge in [0.15, 0.2) is 11.6 Å². The largest absolute Gasteiger partial charge is 0.493 e. The summed E-state index contributed by atoms with van der Waals surface area (Å²) in [7, 11) is 0. The van der Waals surface area contributed by atoms with Crippen molar-refractivity contribution in [3.8, 4) is 17.0 Å². The number of nitrogens with zero attached hydrogens (tertiary/aromatic N) is 3. The second-order valence-corrected chi connectivity index (χ2v) is 7.40. The van der Waals surface area contributed by atoms with E-state index >= 15 is 0 Å². The fourth-order valence-electron chi connectivity index (χ4n) is 3.74. The van der Waals surface area contributed by atoms with Gasteiger partial charge in [-0.3, -0.25) is 0 Å². The van der Waals surface area contributed by atoms with Crippen LogP contribution in [0.4, 0.5) is 14.6 Å². The number of aryl methyl sites for hydroxylation is 1. The second kappa shape index (κ2) is 9.23. The highest BCUT2D eigenvalue weighted by Gasteiger charge is 2.15. The highest BCUT2D eigenvalue weighted by Crippen LogP contribution is 2.28. The van der Waals surface area contributed by atoms with E-state index in [1.807, 2.05) is 11.5 Å². The Morgan fingerprint density at radius 3 is 2.73 bits per heavy atom. The zero-order valence-corrected chi connectivity index (χ0v) is 18.1. The van der Waals surface area contributed by atoms with E-state index in [4.69, 9.17) is 4.74 Å². The number of ether oxygens (including phenoxy) is 1. The van der Waals surface area contributed by atoms with E-state index in [0.717, 1.165) is 11.8 Å². The summed E-state index contributed by atoms with van der Waals surface area (Å²) in [5.41, 5.74) is 2.82. The molecule has 0 spiro atoms. The standard InChI is InChI=1S/C24H22F2N4O3/c1-3-33-21-11-15(4-5-16(21)24(31)32)19-12-22(29-13-28-19)27-8-9-30-14(2)10-17-20(30)7-6-18(25)23(17)26/h4-7,10-13H,3,8-9H2,1-2H3,(H,31,32)(H,27,28,29). The number of aromatic carboxylic acids is 1. The molecule has 0 bridgehead atoms. The fraction of sp³-hybridized carbons (Fsp3) is 0.208. The Hall–Kier alpha value is -4.01. The van der Waals surface area contributed by atoms with Crippen molar-refractivity contribution in [3.63, 3.8) is 0 Å². The molecule has 0 saturated heterocycles. The van der Waals surface area contributed by atoms with Crippen LogP contribution in [0.2, 0.25) is 0 Å². The molecular weight excluding hydrogens is 430 g/mol. The number of nitrogens with one attached hydrogen (secondary N) is 1. The summed E-state index contributed by atoms with van der Waals surface area (Å²) in [6.07, 6.45) is 1.41. The van der Waals surface area contributed by atoms with E-state index in [2.05, 4.69) is 15.3 Å². The van der Waals surface area contributed by atoms with Crippen molar-refractivity contribution < 1.29 is 23.4 Å². The molecule has 0 amide bonds. The first-order chi connectivity index (χ1) is 15.9. The molecular formula is C24H22F2N4O3. The first-order valence-corrected chi connectivity index (χ1v) is 10.4. The van der Waals surface area contributed by atoms with Crippen LogP contribution in [0.1, 0.15) is 23.0 Å². The van der Waals surface area contributed by atoms with E-state index in [9.17, 15) is 18.7 Å². The predicted octanol–water partition coefficient (Wildman–Crippen LogP) is 4.89. The summed E-state index contributed by atoms with van der Waals surface area (Å²) in [4.78, 5) is 19.9. The summed E-state index contributed by atoms with van der Waals surface area (Å²) in [6.45, 7) is 4.97. The van der Waals surface area contributed by atoms with Crippen LogP contribution in [0.3, 0.4) is 0 Å². The van der Waals surface area contributed by atoms with E-state index in [1.165, 1.54) is 12.4 Å². The molecule has 33 heavy (non-hydrogen) atoms. The van der Waals surface area contributed by atoms with Crippen LogP contribution in [0.5, 0.6) is 5.75 Å². The molecule has 0 unspecified atom stereocenters. The Bertz CT molecular complexity index is 1340. The molecule has 0 saturated carbocycles. The Kier molecular flexibility index (Phi) is 6.21. The van der Waals surface area contributed by atoms with Crippen molar-refractivity contribution in [1.82, 2.24) is 14.5 Å². The molecule has 2 aromatic heterocycles. The number of rotatable bonds is 8. The van der Waals surface area contributed by atoms with Gasteiger partial charge in [0, 0.05) is 35.8 Å². The third-order valence-corrected chi connectivity index (χ3v) is 5.30. The molecule has 0 aliphatic rings. The number of hydrogen-bond donors (Lipinski definition) is 2. The van der Waals surface area contributed by atoms with E-state index in [-0.39, 0.29) is 16.7 Å². The first-order valence-electron chi connectivity index (χ1n) is 10.4. The normalized spacial score (nSPS) is 11.0. The van der Waals surface area contributed by atoms with Gasteiger partial charge in [-0.2, -0.15) is 0 Å². The Morgan fingerprint density at radius 2 is 1.97 bits per heavy atom. The minimum atomic E-state index is -1.06. The lowest BCUT2D eigenvalue weighted by Gasteiger charge is -2.12. The number of anilines is 1. The zero-order chi connectivity index (χ0) is 23.5. The molecule has 0 radical (unpaired) electrons. The topological polar surface area (TPSA) is 89.3 Å². The number of fused-ring (bicyclic) bond motifs is 1. The van der Waals surface area contributed by atoms with E-state index in [1.54, 1.807) is 37.3 Å². The van der Waals surface area contributed by atoms with Crippen LogP contribution in [0.25, 0.3) is 22.2 Å². The van der Waals surface area contributed by atoms with Crippen LogP contribution in [0.15, 0.2) is 48.8 Å². The smallest absolute Gasteiger partial charge is 0.339 e. The molecule has 0 aliphatic heterocycles. The number of benzene rings is 2. The number of aromatic nitrogens is 3. The Labute approximate surface area is 188 Å². The summed E-state index contributed by atoms with van der Waals surface area (Å²) in [6, 6.07) is 10.9. The molecule has 9 heteroatoms. The minimum absolute atomic E-state index is 0.0821. The monoisotopic (exact) mass is 452 g/mol. The van der Waals surface area contributed by atoms with Crippen molar-refractivity contribution in [1.29, 1.82) is 0 Å². The summed E-state index contributed by atoms with van der Waals surface area (Å²) in [5.74, 6) is -1.93. The molecule has 2 heterocycles. The maximum absolute atomic E-state index is 14.1. The second-order valence-electron chi connectivity index (χ2n) is 7.40. The molecule has 0 aliphatic carbocycles. The van der Waals surface area contributed by atoms with Gasteiger partial charge in [0.25, 0.3) is 0 Å². The number of halogens is 2. The molecule has 4 aromatic rings. The van der Waals surface area contributed by atoms with Gasteiger partial charge in [-0.1, -0.05) is 6.07 Å². The molecule has 0 atom stereocenters. The molecule has 170 valence electrons. The number of carbonyl (C=O) groups is 1. The highest BCUT2D eigenvalue weighted by atomic mass is 19.2. The van der Waals surface area contributed by atoms with Gasteiger partial charge in [0.2, 0.25) is 0 Å². The van der Waals surface area contributed by atoms with Gasteiger partial charge in [-0.15, -0.1) is 0 Å². The lowest BCUT2D eigenvalue weighted by atomic mass is 10.1. The third-order valence-electron chi connectivity index (χ3n) is 5.30. The van der Waals surface area contributed by atoms with Crippen LogP contribution in [-0.2, 0) is 6.54 Å². The van der Waals surface area contributed by atoms with Gasteiger partial charge in [-0.25, -0.2) is 23.5 Å². The van der Waals surface area contributed by atoms with Crippen LogP contribution >= 0.6 is 0 Å². The van der Waals surface area contributed by atoms with Crippen LogP contribution in [0, 0.1) is 18.6 Å². The number of carboxylic acid groups (broad SMARTS) is 1. The summed E-state index contributed by atoms with van der Waals surface area (Å²) < 4.78 is 35.0. The lowest BCUT2D eigenvalue weighted by molar-refractivity contribution is 0.0692. The minimum Gasteiger partial charge on any atom is -0.493 e. The summed E-state index contributed by atoms with van der Waals surface area (Å²) in [5, 5.41) is 12.8. The Morgan fingerprint density at radius 1 is 1.15 bits per heavy atom. The maximum atomic E-state index is 14.1. The SMILES string of the molecule is CCOc1cc(-c2cc(NCCn3c(C)cc4c(F)c(F)ccc43)ncn2)ccc1C(=O)O. The average molecular weight is 452 g/mol. The van der Waals surface area contributed by atoms with Crippen molar-refractivity contribution in [2.45, 2.75) is 20.4 Å². The van der Waals surface area contributed by atoms with E-state index in [0.29, 0.717) is 42.3 Å². The van der Waals surface area contributed by atoms with E-state index < -0.39 is 17.6 Å². The Balaban J connectivity index is 1.51. The third kappa shape index (κ3) is 4.48. The average Bonchev–Trinajstić information content (AvgIpc) is 3.12. The predicted molar refractivity (Wildman–Crippen MR) is 121 cm³/mol. The fourth-order valence-corrected chi connectivity index (χ4v) is 3.74. The van der Waals surface area contributed by atoms with Crippen LogP contribution < -0.4 is 10.1 Å². The molecule has 2 N–H and O–H groups in total. The van der Waals surface area contributed by atoms with Crippen molar-refractivity contribution in [3.05, 3.63) is 71.7 Å². The number of carboxylic acids is 1. The van der Waals surface area contributed by atoms with Crippen molar-refractivity contribution in [2.75, 3.05) is 18.5 Å². The molecule has 7 nitrogen and oxygen atoms in total. The molecule has 2 aromatic carbocycles.